The molecule has 92 valence electrons. The van der Waals surface area contributed by atoms with E-state index in [1.807, 2.05) is 24.8 Å². The van der Waals surface area contributed by atoms with Crippen molar-refractivity contribution in [3.8, 4) is 5.75 Å². The Hall–Kier alpha value is -0.680. The maximum Gasteiger partial charge on any atom is 0.162 e. The minimum atomic E-state index is -0.507. The first-order valence-electron chi connectivity index (χ1n) is 5.40. The molecule has 1 aromatic heterocycles. The Morgan fingerprint density at radius 1 is 1.56 bits per heavy atom. The van der Waals surface area contributed by atoms with Gasteiger partial charge in [0.15, 0.2) is 5.75 Å². The molecule has 1 N–H and O–H groups in total. The van der Waals surface area contributed by atoms with Crippen LogP contribution in [0.2, 0.25) is 0 Å². The number of methoxy groups -OCH3 is 1. The Labute approximate surface area is 101 Å². The average molecular weight is 244 g/mol. The number of aliphatic hydroxyl groups is 1. The van der Waals surface area contributed by atoms with E-state index in [1.54, 1.807) is 25.1 Å². The first-order chi connectivity index (χ1) is 7.61. The zero-order chi connectivity index (χ0) is 12.1. The molecule has 0 aliphatic heterocycles. The molecule has 5 heteroatoms. The van der Waals surface area contributed by atoms with Crippen LogP contribution >= 0.6 is 11.8 Å². The van der Waals surface area contributed by atoms with E-state index in [1.165, 1.54) is 0 Å². The number of rotatable bonds is 6. The summed E-state index contributed by atoms with van der Waals surface area (Å²) < 4.78 is 7.05. The van der Waals surface area contributed by atoms with Crippen LogP contribution in [0.4, 0.5) is 0 Å². The minimum absolute atomic E-state index is 0.225. The van der Waals surface area contributed by atoms with Gasteiger partial charge in [0, 0.05) is 6.04 Å². The van der Waals surface area contributed by atoms with Gasteiger partial charge in [0.05, 0.1) is 13.3 Å². The van der Waals surface area contributed by atoms with Crippen LogP contribution in [0, 0.1) is 0 Å². The fourth-order valence-electron chi connectivity index (χ4n) is 1.61. The van der Waals surface area contributed by atoms with Gasteiger partial charge in [-0.15, -0.1) is 0 Å². The van der Waals surface area contributed by atoms with Gasteiger partial charge in [0.25, 0.3) is 0 Å². The molecular weight excluding hydrogens is 224 g/mol. The fourth-order valence-corrected chi connectivity index (χ4v) is 2.07. The molecule has 0 saturated carbocycles. The number of ether oxygens (including phenoxy) is 1. The Balaban J connectivity index is 2.93. The molecule has 0 amide bonds. The number of nitrogens with zero attached hydrogens (tertiary/aromatic N) is 2. The van der Waals surface area contributed by atoms with Crippen molar-refractivity contribution in [1.82, 2.24) is 9.78 Å². The molecule has 0 aliphatic rings. The summed E-state index contributed by atoms with van der Waals surface area (Å²) in [6.07, 6.45) is 3.91. The molecule has 4 nitrogen and oxygen atoms in total. The van der Waals surface area contributed by atoms with E-state index >= 15 is 0 Å². The van der Waals surface area contributed by atoms with Gasteiger partial charge in [-0.2, -0.15) is 16.9 Å². The first-order valence-corrected chi connectivity index (χ1v) is 6.79. The number of thioether (sulfide) groups is 1. The lowest BCUT2D eigenvalue weighted by atomic mass is 10.2. The highest BCUT2D eigenvalue weighted by molar-refractivity contribution is 7.98. The lowest BCUT2D eigenvalue weighted by Gasteiger charge is -2.16. The van der Waals surface area contributed by atoms with E-state index in [0.29, 0.717) is 5.75 Å². The summed E-state index contributed by atoms with van der Waals surface area (Å²) in [7, 11) is 1.60. The zero-order valence-corrected chi connectivity index (χ0v) is 11.1. The van der Waals surface area contributed by atoms with E-state index in [9.17, 15) is 5.11 Å². The summed E-state index contributed by atoms with van der Waals surface area (Å²) in [6, 6.07) is 0.225. The van der Waals surface area contributed by atoms with Gasteiger partial charge in [0.2, 0.25) is 0 Å². The third-order valence-electron chi connectivity index (χ3n) is 2.42. The van der Waals surface area contributed by atoms with Crippen LogP contribution in [0.15, 0.2) is 6.20 Å². The molecular formula is C11H20N2O2S. The van der Waals surface area contributed by atoms with Crippen molar-refractivity contribution >= 4 is 11.8 Å². The largest absolute Gasteiger partial charge is 0.493 e. The first kappa shape index (κ1) is 13.4. The second kappa shape index (κ2) is 6.15. The highest BCUT2D eigenvalue weighted by Crippen LogP contribution is 2.29. The molecule has 0 saturated heterocycles. The highest BCUT2D eigenvalue weighted by Gasteiger charge is 2.20. The maximum absolute atomic E-state index is 10.1. The lowest BCUT2D eigenvalue weighted by molar-refractivity contribution is 0.157. The number of hydrogen-bond donors (Lipinski definition) is 1. The number of aliphatic hydroxyl groups excluding tert-OH is 1. The lowest BCUT2D eigenvalue weighted by Crippen LogP contribution is -2.12. The summed E-state index contributed by atoms with van der Waals surface area (Å²) in [6.45, 7) is 4.08. The molecule has 0 aromatic carbocycles. The third kappa shape index (κ3) is 2.92. The van der Waals surface area contributed by atoms with Crippen molar-refractivity contribution in [2.75, 3.05) is 19.1 Å². The van der Waals surface area contributed by atoms with Crippen molar-refractivity contribution in [2.24, 2.45) is 0 Å². The molecule has 1 heterocycles. The van der Waals surface area contributed by atoms with E-state index in [0.717, 1.165) is 17.9 Å². The summed E-state index contributed by atoms with van der Waals surface area (Å²) in [5.41, 5.74) is 0.784. The fraction of sp³-hybridized carbons (Fsp3) is 0.727. The van der Waals surface area contributed by atoms with E-state index in [4.69, 9.17) is 4.74 Å². The second-order valence-corrected chi connectivity index (χ2v) is 4.92. The SMILES string of the molecule is COc1cnn(C(C)C)c1C(O)CCSC. The van der Waals surface area contributed by atoms with Gasteiger partial charge in [-0.05, 0) is 32.3 Å². The number of hydrogen-bond acceptors (Lipinski definition) is 4. The zero-order valence-electron chi connectivity index (χ0n) is 10.3. The molecule has 0 radical (unpaired) electrons. The van der Waals surface area contributed by atoms with Crippen LogP contribution < -0.4 is 4.74 Å². The van der Waals surface area contributed by atoms with Gasteiger partial charge < -0.3 is 9.84 Å². The molecule has 0 bridgehead atoms. The predicted octanol–water partition coefficient (Wildman–Crippen LogP) is 2.26. The van der Waals surface area contributed by atoms with Crippen molar-refractivity contribution in [3.63, 3.8) is 0 Å². The Kier molecular flexibility index (Phi) is 5.15. The Morgan fingerprint density at radius 3 is 2.75 bits per heavy atom. The van der Waals surface area contributed by atoms with E-state index < -0.39 is 6.10 Å². The molecule has 16 heavy (non-hydrogen) atoms. The van der Waals surface area contributed by atoms with Crippen LogP contribution in [-0.2, 0) is 0 Å². The highest BCUT2D eigenvalue weighted by atomic mass is 32.2. The van der Waals surface area contributed by atoms with Crippen LogP contribution in [0.25, 0.3) is 0 Å². The molecule has 0 aliphatic carbocycles. The van der Waals surface area contributed by atoms with Gasteiger partial charge in [-0.25, -0.2) is 0 Å². The van der Waals surface area contributed by atoms with Crippen LogP contribution in [0.5, 0.6) is 5.75 Å². The van der Waals surface area contributed by atoms with Crippen LogP contribution in [0.3, 0.4) is 0 Å². The Bertz CT molecular complexity index is 326. The van der Waals surface area contributed by atoms with Crippen molar-refractivity contribution in [2.45, 2.75) is 32.4 Å². The third-order valence-corrected chi connectivity index (χ3v) is 3.06. The summed E-state index contributed by atoms with van der Waals surface area (Å²) in [5.74, 6) is 1.59. The topological polar surface area (TPSA) is 47.3 Å². The van der Waals surface area contributed by atoms with Crippen molar-refractivity contribution < 1.29 is 9.84 Å². The quantitative estimate of drug-likeness (QED) is 0.834. The van der Waals surface area contributed by atoms with E-state index in [-0.39, 0.29) is 6.04 Å². The van der Waals surface area contributed by atoms with E-state index in [2.05, 4.69) is 5.10 Å². The molecule has 1 atom stereocenters. The van der Waals surface area contributed by atoms with Crippen LogP contribution in [0.1, 0.15) is 38.1 Å². The van der Waals surface area contributed by atoms with Crippen LogP contribution in [-0.4, -0.2) is 34.0 Å². The maximum atomic E-state index is 10.1. The smallest absolute Gasteiger partial charge is 0.162 e. The molecule has 1 unspecified atom stereocenters. The minimum Gasteiger partial charge on any atom is -0.493 e. The molecule has 1 aromatic rings. The Morgan fingerprint density at radius 2 is 2.25 bits per heavy atom. The van der Waals surface area contributed by atoms with Gasteiger partial charge in [-0.1, -0.05) is 0 Å². The van der Waals surface area contributed by atoms with Crippen molar-refractivity contribution in [1.29, 1.82) is 0 Å². The van der Waals surface area contributed by atoms with Gasteiger partial charge >= 0.3 is 0 Å². The average Bonchev–Trinajstić information content (AvgIpc) is 2.69. The standard InChI is InChI=1S/C11H20N2O2S/c1-8(2)13-11(9(14)5-6-16-4)10(15-3)7-12-13/h7-9,14H,5-6H2,1-4H3. The number of aromatic nitrogens is 2. The predicted molar refractivity (Wildman–Crippen MR) is 67.1 cm³/mol. The van der Waals surface area contributed by atoms with Gasteiger partial charge in [-0.3, -0.25) is 4.68 Å². The summed E-state index contributed by atoms with van der Waals surface area (Å²) >= 11 is 1.72. The summed E-state index contributed by atoms with van der Waals surface area (Å²) in [5, 5.41) is 14.4. The molecule has 0 spiro atoms. The second-order valence-electron chi connectivity index (χ2n) is 3.93. The summed E-state index contributed by atoms with van der Waals surface area (Å²) in [4.78, 5) is 0. The molecule has 0 fully saturated rings. The normalized spacial score (nSPS) is 13.1. The van der Waals surface area contributed by atoms with Gasteiger partial charge in [0.1, 0.15) is 11.8 Å². The monoisotopic (exact) mass is 244 g/mol. The van der Waals surface area contributed by atoms with Crippen molar-refractivity contribution in [3.05, 3.63) is 11.9 Å². The molecule has 1 rings (SSSR count).